The molecule has 2 aliphatic rings. The van der Waals surface area contributed by atoms with E-state index in [0.29, 0.717) is 0 Å². The number of nitrogens with zero attached hydrogens (tertiary/aromatic N) is 3. The van der Waals surface area contributed by atoms with Gasteiger partial charge in [0.2, 0.25) is 0 Å². The van der Waals surface area contributed by atoms with Gasteiger partial charge in [0.25, 0.3) is 6.71 Å². The van der Waals surface area contributed by atoms with Crippen molar-refractivity contribution in [2.45, 2.75) is 59.3 Å². The highest BCUT2D eigenvalue weighted by atomic mass is 32.1. The molecule has 66 heavy (non-hydrogen) atoms. The predicted octanol–water partition coefficient (Wildman–Crippen LogP) is 15.5. The maximum Gasteiger partial charge on any atom is 0.264 e. The number of fused-ring (bicyclic) bond motifs is 4. The molecular formula is C61H54BN3S. The van der Waals surface area contributed by atoms with Gasteiger partial charge < -0.3 is 14.7 Å². The van der Waals surface area contributed by atoms with Crippen LogP contribution in [0.1, 0.15) is 58.2 Å². The molecule has 0 unspecified atom stereocenters. The Hall–Kier alpha value is -7.08. The van der Waals surface area contributed by atoms with Crippen molar-refractivity contribution < 1.29 is 0 Å². The first kappa shape index (κ1) is 41.6. The second kappa shape index (κ2) is 16.1. The number of aryl methyl sites for hydroxylation is 1. The Bertz CT molecular complexity index is 3160. The van der Waals surface area contributed by atoms with Crippen LogP contribution in [0.15, 0.2) is 200 Å². The minimum absolute atomic E-state index is 0.0243. The Labute approximate surface area is 395 Å². The lowest BCUT2D eigenvalue weighted by Crippen LogP contribution is -2.60. The normalized spacial score (nSPS) is 13.0. The number of thiophene rings is 1. The first-order chi connectivity index (χ1) is 31.9. The molecule has 0 saturated heterocycles. The SMILES string of the molecule is Cc1cc2c3c(c1)N(c1ccc(C(C)(C)C)cc1)c1c(sc(-c4ccccc4)c1-c1ccccc1)B3c1ccc(N(c3ccccc3)c3ccccc3)cc1N2c1ccc(C(C)(C)C)cc1. The van der Waals surface area contributed by atoms with Crippen LogP contribution < -0.4 is 30.4 Å². The number of para-hydroxylation sites is 2. The zero-order chi connectivity index (χ0) is 45.3. The molecule has 0 radical (unpaired) electrons. The molecule has 0 bridgehead atoms. The van der Waals surface area contributed by atoms with Crippen LogP contribution in [0.2, 0.25) is 0 Å². The highest BCUT2D eigenvalue weighted by Gasteiger charge is 2.46. The molecule has 0 spiro atoms. The Morgan fingerprint density at radius 2 is 0.924 bits per heavy atom. The Morgan fingerprint density at radius 3 is 1.44 bits per heavy atom. The molecule has 3 heterocycles. The summed E-state index contributed by atoms with van der Waals surface area (Å²) in [6, 6.07) is 74.4. The molecule has 0 amide bonds. The molecule has 1 aromatic heterocycles. The lowest BCUT2D eigenvalue weighted by Gasteiger charge is -2.44. The largest absolute Gasteiger partial charge is 0.311 e. The molecule has 11 rings (SSSR count). The summed E-state index contributed by atoms with van der Waals surface area (Å²) in [5.74, 6) is 0. The molecule has 0 aliphatic carbocycles. The van der Waals surface area contributed by atoms with Crippen LogP contribution in [-0.4, -0.2) is 6.71 Å². The van der Waals surface area contributed by atoms with Gasteiger partial charge in [0.15, 0.2) is 0 Å². The zero-order valence-electron chi connectivity index (χ0n) is 38.9. The summed E-state index contributed by atoms with van der Waals surface area (Å²) in [5.41, 5.74) is 20.8. The topological polar surface area (TPSA) is 9.72 Å². The van der Waals surface area contributed by atoms with Crippen molar-refractivity contribution in [2.24, 2.45) is 0 Å². The molecule has 8 aromatic carbocycles. The molecular weight excluding hydrogens is 818 g/mol. The van der Waals surface area contributed by atoms with E-state index in [1.807, 2.05) is 11.3 Å². The molecule has 2 aliphatic heterocycles. The van der Waals surface area contributed by atoms with Crippen LogP contribution in [0.4, 0.5) is 51.2 Å². The van der Waals surface area contributed by atoms with Crippen molar-refractivity contribution in [3.05, 3.63) is 217 Å². The van der Waals surface area contributed by atoms with Crippen molar-refractivity contribution >= 4 is 84.9 Å². The van der Waals surface area contributed by atoms with Crippen molar-refractivity contribution in [3.8, 4) is 21.6 Å². The molecule has 5 heteroatoms. The molecule has 322 valence electrons. The van der Waals surface area contributed by atoms with E-state index in [-0.39, 0.29) is 17.5 Å². The van der Waals surface area contributed by atoms with E-state index >= 15 is 0 Å². The zero-order valence-corrected chi connectivity index (χ0v) is 39.7. The van der Waals surface area contributed by atoms with E-state index < -0.39 is 0 Å². The first-order valence-corrected chi connectivity index (χ1v) is 24.0. The summed E-state index contributed by atoms with van der Waals surface area (Å²) in [7, 11) is 0. The van der Waals surface area contributed by atoms with Gasteiger partial charge in [-0.3, -0.25) is 0 Å². The number of rotatable bonds is 7. The summed E-state index contributed by atoms with van der Waals surface area (Å²) < 4.78 is 1.35. The Balaban J connectivity index is 1.24. The monoisotopic (exact) mass is 871 g/mol. The highest BCUT2D eigenvalue weighted by Crippen LogP contribution is 2.53. The van der Waals surface area contributed by atoms with Crippen LogP contribution in [0, 0.1) is 6.92 Å². The average molecular weight is 872 g/mol. The summed E-state index contributed by atoms with van der Waals surface area (Å²) in [5, 5.41) is 0. The van der Waals surface area contributed by atoms with Gasteiger partial charge in [-0.05, 0) is 129 Å². The van der Waals surface area contributed by atoms with Gasteiger partial charge in [-0.25, -0.2) is 0 Å². The lowest BCUT2D eigenvalue weighted by molar-refractivity contribution is 0.590. The second-order valence-corrected chi connectivity index (χ2v) is 21.0. The van der Waals surface area contributed by atoms with Crippen LogP contribution in [0.25, 0.3) is 21.6 Å². The summed E-state index contributed by atoms with van der Waals surface area (Å²) in [6.07, 6.45) is 0. The standard InChI is InChI=1S/C61H54BN3S/c1-41-38-53-56-54(39-41)65(49-34-30-45(31-35-49)61(5,6)7)57-55(42-20-12-8-13-21-42)58(43-22-14-9-15-23-43)66-59(57)62(56)51-37-36-50(63(46-24-16-10-17-25-46)47-26-18-11-19-27-47)40-52(51)64(53)48-32-28-44(29-33-48)60(2,3)4/h8-40H,1-7H3. The van der Waals surface area contributed by atoms with Gasteiger partial charge in [-0.1, -0.05) is 169 Å². The summed E-state index contributed by atoms with van der Waals surface area (Å²) in [4.78, 5) is 8.83. The van der Waals surface area contributed by atoms with E-state index in [0.717, 1.165) is 28.4 Å². The Morgan fingerprint density at radius 1 is 0.455 bits per heavy atom. The highest BCUT2D eigenvalue weighted by molar-refractivity contribution is 7.31. The molecule has 0 saturated carbocycles. The third kappa shape index (κ3) is 7.14. The van der Waals surface area contributed by atoms with E-state index in [2.05, 4.69) is 263 Å². The van der Waals surface area contributed by atoms with Crippen molar-refractivity contribution in [1.29, 1.82) is 0 Å². The first-order valence-electron chi connectivity index (χ1n) is 23.2. The minimum Gasteiger partial charge on any atom is -0.311 e. The van der Waals surface area contributed by atoms with Gasteiger partial charge in [-0.2, -0.15) is 0 Å². The number of anilines is 9. The Kier molecular flexibility index (Phi) is 10.2. The molecule has 0 atom stereocenters. The second-order valence-electron chi connectivity index (χ2n) is 19.9. The van der Waals surface area contributed by atoms with Crippen LogP contribution in [0.5, 0.6) is 0 Å². The van der Waals surface area contributed by atoms with Crippen molar-refractivity contribution in [1.82, 2.24) is 0 Å². The molecule has 0 fully saturated rings. The van der Waals surface area contributed by atoms with Gasteiger partial charge >= 0.3 is 0 Å². The van der Waals surface area contributed by atoms with E-state index in [1.54, 1.807) is 0 Å². The third-order valence-corrected chi connectivity index (χ3v) is 14.7. The van der Waals surface area contributed by atoms with Gasteiger partial charge in [0, 0.05) is 60.7 Å². The average Bonchev–Trinajstić information content (AvgIpc) is 3.72. The summed E-state index contributed by atoms with van der Waals surface area (Å²) >= 11 is 1.96. The fraction of sp³-hybridized carbons (Fsp3) is 0.148. The van der Waals surface area contributed by atoms with E-state index in [1.165, 1.54) is 76.7 Å². The van der Waals surface area contributed by atoms with Gasteiger partial charge in [0.05, 0.1) is 5.69 Å². The number of hydrogen-bond donors (Lipinski definition) is 0. The van der Waals surface area contributed by atoms with Gasteiger partial charge in [0.1, 0.15) is 0 Å². The molecule has 0 N–H and O–H groups in total. The van der Waals surface area contributed by atoms with Gasteiger partial charge in [-0.15, -0.1) is 11.3 Å². The smallest absolute Gasteiger partial charge is 0.264 e. The summed E-state index contributed by atoms with van der Waals surface area (Å²) in [6.45, 7) is 16.0. The van der Waals surface area contributed by atoms with Crippen LogP contribution >= 0.6 is 11.3 Å². The maximum absolute atomic E-state index is 2.60. The quantitative estimate of drug-likeness (QED) is 0.148. The number of hydrogen-bond acceptors (Lipinski definition) is 4. The van der Waals surface area contributed by atoms with E-state index in [9.17, 15) is 0 Å². The van der Waals surface area contributed by atoms with Crippen molar-refractivity contribution in [2.75, 3.05) is 14.7 Å². The van der Waals surface area contributed by atoms with Crippen LogP contribution in [-0.2, 0) is 10.8 Å². The van der Waals surface area contributed by atoms with Crippen molar-refractivity contribution in [3.63, 3.8) is 0 Å². The fourth-order valence-corrected chi connectivity index (χ4v) is 11.5. The molecule has 9 aromatic rings. The van der Waals surface area contributed by atoms with E-state index in [4.69, 9.17) is 0 Å². The lowest BCUT2D eigenvalue weighted by atomic mass is 9.36. The van der Waals surface area contributed by atoms with Crippen LogP contribution in [0.3, 0.4) is 0 Å². The number of benzene rings is 8. The molecule has 3 nitrogen and oxygen atoms in total. The third-order valence-electron chi connectivity index (χ3n) is 13.4. The maximum atomic E-state index is 2.60. The fourth-order valence-electron chi connectivity index (χ4n) is 10.1. The predicted molar refractivity (Wildman–Crippen MR) is 286 cm³/mol. The minimum atomic E-state index is -0.0309.